The van der Waals surface area contributed by atoms with E-state index in [1.807, 2.05) is 6.92 Å². The predicted octanol–water partition coefficient (Wildman–Crippen LogP) is 5.64. The third-order valence-corrected chi connectivity index (χ3v) is 7.93. The molecule has 11 heteroatoms. The van der Waals surface area contributed by atoms with Crippen molar-refractivity contribution in [2.24, 2.45) is 5.10 Å². The maximum Gasteiger partial charge on any atom is 0.264 e. The Labute approximate surface area is 236 Å². The van der Waals surface area contributed by atoms with Gasteiger partial charge in [-0.1, -0.05) is 48.0 Å². The van der Waals surface area contributed by atoms with Crippen molar-refractivity contribution in [1.82, 2.24) is 5.43 Å². The molecule has 3 aromatic carbocycles. The number of rotatable bonds is 11. The van der Waals surface area contributed by atoms with Gasteiger partial charge < -0.3 is 9.47 Å². The van der Waals surface area contributed by atoms with Crippen LogP contribution >= 0.6 is 27.5 Å². The number of benzene rings is 3. The van der Waals surface area contributed by atoms with Crippen LogP contribution in [0, 0.1) is 13.8 Å². The van der Waals surface area contributed by atoms with E-state index in [0.29, 0.717) is 44.4 Å². The van der Waals surface area contributed by atoms with Crippen molar-refractivity contribution in [3.05, 3.63) is 93.4 Å². The van der Waals surface area contributed by atoms with Gasteiger partial charge in [0.05, 0.1) is 28.4 Å². The third kappa shape index (κ3) is 7.15. The van der Waals surface area contributed by atoms with Crippen molar-refractivity contribution in [1.29, 1.82) is 0 Å². The third-order valence-electron chi connectivity index (χ3n) is 5.34. The van der Waals surface area contributed by atoms with Gasteiger partial charge in [-0.25, -0.2) is 13.8 Å². The molecule has 0 bridgehead atoms. The first kappa shape index (κ1) is 29.2. The van der Waals surface area contributed by atoms with Crippen LogP contribution in [0.2, 0.25) is 5.02 Å². The molecule has 0 aromatic heterocycles. The van der Waals surface area contributed by atoms with E-state index in [4.69, 9.17) is 21.1 Å². The van der Waals surface area contributed by atoms with Gasteiger partial charge in [-0.15, -0.1) is 0 Å². The highest BCUT2D eigenvalue weighted by Gasteiger charge is 2.28. The Morgan fingerprint density at radius 3 is 2.53 bits per heavy atom. The lowest BCUT2D eigenvalue weighted by Gasteiger charge is -2.25. The number of carbonyl (C=O) groups is 1. The van der Waals surface area contributed by atoms with Gasteiger partial charge in [0.15, 0.2) is 11.5 Å². The number of aryl methyl sites for hydroxylation is 2. The van der Waals surface area contributed by atoms with Crippen LogP contribution in [0.4, 0.5) is 5.69 Å². The zero-order valence-corrected chi connectivity index (χ0v) is 24.2. The highest BCUT2D eigenvalue weighted by atomic mass is 79.9. The average Bonchev–Trinajstić information content (AvgIpc) is 2.88. The van der Waals surface area contributed by atoms with E-state index >= 15 is 0 Å². The number of sulfonamides is 1. The molecule has 0 aliphatic carbocycles. The maximum atomic E-state index is 13.6. The molecule has 8 nitrogen and oxygen atoms in total. The van der Waals surface area contributed by atoms with Crippen LogP contribution in [0.5, 0.6) is 11.5 Å². The number of anilines is 1. The van der Waals surface area contributed by atoms with Crippen molar-refractivity contribution in [2.75, 3.05) is 24.6 Å². The van der Waals surface area contributed by atoms with E-state index in [1.165, 1.54) is 31.5 Å². The SMILES string of the molecule is C=CCOc1c(Br)cc(/C=N\NC(=O)CN(c2cc(Cl)ccc2C)S(=O)(=O)c2ccc(C)cc2)cc1OC. The molecule has 38 heavy (non-hydrogen) atoms. The topological polar surface area (TPSA) is 97.3 Å². The molecule has 0 spiro atoms. The van der Waals surface area contributed by atoms with Gasteiger partial charge in [-0.2, -0.15) is 5.10 Å². The number of hydrogen-bond acceptors (Lipinski definition) is 6. The molecule has 0 saturated carbocycles. The number of nitrogens with zero attached hydrogens (tertiary/aromatic N) is 2. The normalized spacial score (nSPS) is 11.3. The minimum absolute atomic E-state index is 0.0504. The summed E-state index contributed by atoms with van der Waals surface area (Å²) in [6.07, 6.45) is 3.02. The van der Waals surface area contributed by atoms with Gasteiger partial charge in [-0.05, 0) is 77.3 Å². The van der Waals surface area contributed by atoms with Gasteiger partial charge in [0.2, 0.25) is 0 Å². The molecule has 0 saturated heterocycles. The lowest BCUT2D eigenvalue weighted by molar-refractivity contribution is -0.119. The van der Waals surface area contributed by atoms with E-state index < -0.39 is 22.5 Å². The Morgan fingerprint density at radius 2 is 1.87 bits per heavy atom. The fraction of sp³-hybridized carbons (Fsp3) is 0.185. The monoisotopic (exact) mass is 619 g/mol. The summed E-state index contributed by atoms with van der Waals surface area (Å²) in [7, 11) is -2.59. The minimum Gasteiger partial charge on any atom is -0.493 e. The fourth-order valence-electron chi connectivity index (χ4n) is 3.43. The molecular formula is C27H27BrClN3O5S. The number of amides is 1. The van der Waals surface area contributed by atoms with Crippen molar-refractivity contribution in [2.45, 2.75) is 18.7 Å². The van der Waals surface area contributed by atoms with Gasteiger partial charge in [0.25, 0.3) is 15.9 Å². The minimum atomic E-state index is -4.09. The largest absolute Gasteiger partial charge is 0.493 e. The Hall–Kier alpha value is -3.34. The van der Waals surface area contributed by atoms with Crippen LogP contribution in [0.25, 0.3) is 0 Å². The number of nitrogens with one attached hydrogen (secondary N) is 1. The van der Waals surface area contributed by atoms with E-state index in [2.05, 4.69) is 33.0 Å². The number of carbonyl (C=O) groups excluding carboxylic acids is 1. The summed E-state index contributed by atoms with van der Waals surface area (Å²) in [5.74, 6) is 0.316. The van der Waals surface area contributed by atoms with E-state index in [-0.39, 0.29) is 4.90 Å². The molecule has 0 fully saturated rings. The molecule has 200 valence electrons. The van der Waals surface area contributed by atoms with E-state index in [1.54, 1.807) is 49.4 Å². The Morgan fingerprint density at radius 1 is 1.16 bits per heavy atom. The molecule has 3 rings (SSSR count). The van der Waals surface area contributed by atoms with E-state index in [9.17, 15) is 13.2 Å². The molecule has 0 heterocycles. The molecular weight excluding hydrogens is 594 g/mol. The van der Waals surface area contributed by atoms with Gasteiger partial charge >= 0.3 is 0 Å². The lowest BCUT2D eigenvalue weighted by Crippen LogP contribution is -2.40. The summed E-state index contributed by atoms with van der Waals surface area (Å²) in [5.41, 5.74) is 4.84. The Balaban J connectivity index is 1.85. The number of ether oxygens (including phenoxy) is 2. The zero-order valence-electron chi connectivity index (χ0n) is 21.1. The molecule has 0 unspecified atom stereocenters. The Kier molecular flexibility index (Phi) is 9.96. The summed E-state index contributed by atoms with van der Waals surface area (Å²) >= 11 is 9.61. The molecule has 0 radical (unpaired) electrons. The molecule has 1 N–H and O–H groups in total. The summed E-state index contributed by atoms with van der Waals surface area (Å²) in [4.78, 5) is 12.9. The first-order chi connectivity index (χ1) is 18.1. The average molecular weight is 621 g/mol. The van der Waals surface area contributed by atoms with Crippen LogP contribution in [0.15, 0.2) is 81.7 Å². The summed E-state index contributed by atoms with van der Waals surface area (Å²) in [5, 5.41) is 4.34. The lowest BCUT2D eigenvalue weighted by atomic mass is 10.2. The first-order valence-corrected chi connectivity index (χ1v) is 14.0. The van der Waals surface area contributed by atoms with Crippen LogP contribution in [0.3, 0.4) is 0 Å². The number of methoxy groups -OCH3 is 1. The van der Waals surface area contributed by atoms with Crippen LogP contribution in [0.1, 0.15) is 16.7 Å². The Bertz CT molecular complexity index is 1460. The van der Waals surface area contributed by atoms with Crippen molar-refractivity contribution < 1.29 is 22.7 Å². The molecule has 1 amide bonds. The number of hydrogen-bond donors (Lipinski definition) is 1. The van der Waals surface area contributed by atoms with Gasteiger partial charge in [0, 0.05) is 5.02 Å². The van der Waals surface area contributed by atoms with Crippen molar-refractivity contribution in [3.63, 3.8) is 0 Å². The molecule has 0 aliphatic rings. The zero-order chi connectivity index (χ0) is 27.9. The number of hydrazone groups is 1. The van der Waals surface area contributed by atoms with Gasteiger partial charge in [0.1, 0.15) is 13.2 Å². The predicted molar refractivity (Wildman–Crippen MR) is 154 cm³/mol. The van der Waals surface area contributed by atoms with E-state index in [0.717, 1.165) is 9.87 Å². The smallest absolute Gasteiger partial charge is 0.264 e. The molecule has 3 aromatic rings. The summed E-state index contributed by atoms with van der Waals surface area (Å²) < 4.78 is 39.8. The highest BCUT2D eigenvalue weighted by Crippen LogP contribution is 2.36. The van der Waals surface area contributed by atoms with Crippen LogP contribution < -0.4 is 19.2 Å². The van der Waals surface area contributed by atoms with Crippen molar-refractivity contribution >= 4 is 55.4 Å². The first-order valence-electron chi connectivity index (χ1n) is 11.4. The standard InChI is InChI=1S/C27H27BrClN3O5S/c1-5-12-37-27-23(28)13-20(14-25(27)36-4)16-30-31-26(33)17-32(24-15-21(29)9-8-19(24)3)38(34,35)22-10-6-18(2)7-11-22/h5-11,13-16H,1,12,17H2,2-4H3,(H,31,33)/b30-16-. The van der Waals surface area contributed by atoms with Crippen molar-refractivity contribution in [3.8, 4) is 11.5 Å². The second kappa shape index (κ2) is 12.9. The molecule has 0 atom stereocenters. The summed E-state index contributed by atoms with van der Waals surface area (Å²) in [6, 6.07) is 14.7. The highest BCUT2D eigenvalue weighted by molar-refractivity contribution is 9.10. The van der Waals surface area contributed by atoms with Crippen LogP contribution in [-0.2, 0) is 14.8 Å². The van der Waals surface area contributed by atoms with Crippen LogP contribution in [-0.4, -0.2) is 40.8 Å². The quantitative estimate of drug-likeness (QED) is 0.170. The van der Waals surface area contributed by atoms with Gasteiger partial charge in [-0.3, -0.25) is 9.10 Å². The second-order valence-electron chi connectivity index (χ2n) is 8.18. The molecule has 0 aliphatic heterocycles. The summed E-state index contributed by atoms with van der Waals surface area (Å²) in [6.45, 7) is 7.01. The fourth-order valence-corrected chi connectivity index (χ4v) is 5.65. The second-order valence-corrected chi connectivity index (χ2v) is 11.3. The maximum absolute atomic E-state index is 13.6. The number of halogens is 2.